The van der Waals surface area contributed by atoms with Crippen LogP contribution in [0.3, 0.4) is 0 Å². The van der Waals surface area contributed by atoms with Gasteiger partial charge in [0.05, 0.1) is 9.79 Å². The summed E-state index contributed by atoms with van der Waals surface area (Å²) >= 11 is 0. The molecule has 9 atom stereocenters. The molecule has 0 amide bonds. The molecular formula is C49H62O6S2. The summed E-state index contributed by atoms with van der Waals surface area (Å²) in [6, 6.07) is 21.2. The van der Waals surface area contributed by atoms with Crippen LogP contribution in [0.4, 0.5) is 0 Å². The van der Waals surface area contributed by atoms with E-state index in [2.05, 4.69) is 52.8 Å². The highest BCUT2D eigenvalue weighted by atomic mass is 32.2. The number of hydrogen-bond donors (Lipinski definition) is 2. The van der Waals surface area contributed by atoms with Gasteiger partial charge in [-0.2, -0.15) is 16.8 Å². The summed E-state index contributed by atoms with van der Waals surface area (Å²) in [5, 5.41) is 3.16. The lowest BCUT2D eigenvalue weighted by Crippen LogP contribution is -2.53. The van der Waals surface area contributed by atoms with Gasteiger partial charge in [-0.05, 0) is 178 Å². The van der Waals surface area contributed by atoms with Crippen LogP contribution in [0.5, 0.6) is 0 Å². The minimum absolute atomic E-state index is 0.143. The lowest BCUT2D eigenvalue weighted by Gasteiger charge is -2.61. The fourth-order valence-electron chi connectivity index (χ4n) is 13.3. The monoisotopic (exact) mass is 810 g/mol. The Morgan fingerprint density at radius 1 is 0.702 bits per heavy atom. The van der Waals surface area contributed by atoms with E-state index >= 15 is 0 Å². The molecule has 2 N–H and O–H groups in total. The van der Waals surface area contributed by atoms with Crippen molar-refractivity contribution >= 4 is 47.4 Å². The molecule has 6 nitrogen and oxygen atoms in total. The maximum atomic E-state index is 12.1. The number of benzene rings is 4. The van der Waals surface area contributed by atoms with Gasteiger partial charge in [-0.25, -0.2) is 0 Å². The van der Waals surface area contributed by atoms with Gasteiger partial charge in [-0.15, -0.1) is 0 Å². The third-order valence-electron chi connectivity index (χ3n) is 16.2. The van der Waals surface area contributed by atoms with Gasteiger partial charge in [0.1, 0.15) is 0 Å². The second kappa shape index (κ2) is 15.2. The van der Waals surface area contributed by atoms with Crippen LogP contribution in [0.2, 0.25) is 0 Å². The van der Waals surface area contributed by atoms with E-state index in [1.54, 1.807) is 12.1 Å². The Balaban J connectivity index is 1.11. The standard InChI is InChI=1S/C49H62O6S2/c1-31(2)9-6-10-32(3)45-21-22-46-43-18-15-36-27-33(23-25-48(36,4)47(43)24-26-49(45,46)5)28-44(41-13-7-11-34-29-37(56(50,51)52)16-19-39(34)41)42-14-8-12-35-30-38(57(53,54)55)17-20-40(35)42/h7-8,11-14,16-17,19-20,28-33,36,43,45-47H,6,9-10,15,18,21-27H2,1-5H3,(H,50,51,52)(H,53,54,55)/t32?,33?,36?,43?,45-,46?,47?,48+,49-/m1/s1. The minimum Gasteiger partial charge on any atom is -0.282 e. The van der Waals surface area contributed by atoms with Crippen molar-refractivity contribution in [3.05, 3.63) is 90.0 Å². The summed E-state index contributed by atoms with van der Waals surface area (Å²) in [6.07, 6.45) is 18.2. The van der Waals surface area contributed by atoms with Gasteiger partial charge in [-0.3, -0.25) is 9.11 Å². The molecule has 0 bridgehead atoms. The third-order valence-corrected chi connectivity index (χ3v) is 17.9. The first-order chi connectivity index (χ1) is 27.0. The first kappa shape index (κ1) is 40.7. The van der Waals surface area contributed by atoms with Crippen LogP contribution >= 0.6 is 0 Å². The van der Waals surface area contributed by atoms with E-state index in [9.17, 15) is 25.9 Å². The zero-order valence-electron chi connectivity index (χ0n) is 34.5. The predicted molar refractivity (Wildman–Crippen MR) is 231 cm³/mol. The van der Waals surface area contributed by atoms with Gasteiger partial charge in [-0.1, -0.05) is 108 Å². The molecule has 4 fully saturated rings. The summed E-state index contributed by atoms with van der Waals surface area (Å²) in [5.41, 5.74) is 3.77. The number of fused-ring (bicyclic) bond motifs is 7. The van der Waals surface area contributed by atoms with Gasteiger partial charge in [0.15, 0.2) is 0 Å². The van der Waals surface area contributed by atoms with E-state index in [1.165, 1.54) is 88.5 Å². The summed E-state index contributed by atoms with van der Waals surface area (Å²) in [6.45, 7) is 12.6. The van der Waals surface area contributed by atoms with E-state index in [0.717, 1.165) is 75.8 Å². The average Bonchev–Trinajstić information content (AvgIpc) is 3.52. The molecule has 57 heavy (non-hydrogen) atoms. The van der Waals surface area contributed by atoms with Crippen LogP contribution in [-0.4, -0.2) is 25.9 Å². The molecule has 4 saturated carbocycles. The van der Waals surface area contributed by atoms with Gasteiger partial charge >= 0.3 is 0 Å². The zero-order chi connectivity index (χ0) is 40.5. The van der Waals surface area contributed by atoms with Crippen molar-refractivity contribution in [2.75, 3.05) is 0 Å². The van der Waals surface area contributed by atoms with Crippen molar-refractivity contribution < 1.29 is 25.9 Å². The van der Waals surface area contributed by atoms with Crippen molar-refractivity contribution in [1.82, 2.24) is 0 Å². The number of rotatable bonds is 10. The second-order valence-electron chi connectivity index (χ2n) is 19.6. The molecule has 0 aromatic heterocycles. The molecule has 0 heterocycles. The summed E-state index contributed by atoms with van der Waals surface area (Å²) < 4.78 is 68.1. The van der Waals surface area contributed by atoms with E-state index in [4.69, 9.17) is 0 Å². The number of allylic oxidation sites excluding steroid dienone is 1. The van der Waals surface area contributed by atoms with E-state index < -0.39 is 20.2 Å². The predicted octanol–water partition coefficient (Wildman–Crippen LogP) is 12.7. The topological polar surface area (TPSA) is 109 Å². The Morgan fingerprint density at radius 2 is 1.28 bits per heavy atom. The van der Waals surface area contributed by atoms with E-state index in [1.807, 2.05) is 24.3 Å². The first-order valence-corrected chi connectivity index (χ1v) is 24.6. The van der Waals surface area contributed by atoms with Crippen molar-refractivity contribution in [1.29, 1.82) is 0 Å². The van der Waals surface area contributed by atoms with Gasteiger partial charge in [0, 0.05) is 0 Å². The van der Waals surface area contributed by atoms with E-state index in [-0.39, 0.29) is 9.79 Å². The Kier molecular flexibility index (Phi) is 10.9. The average molecular weight is 811 g/mol. The molecule has 0 saturated heterocycles. The van der Waals surface area contributed by atoms with Crippen LogP contribution in [0.25, 0.3) is 27.1 Å². The molecule has 4 aromatic carbocycles. The van der Waals surface area contributed by atoms with Crippen LogP contribution in [0.1, 0.15) is 123 Å². The maximum absolute atomic E-state index is 12.1. The molecular weight excluding hydrogens is 749 g/mol. The third kappa shape index (κ3) is 7.55. The molecule has 0 radical (unpaired) electrons. The van der Waals surface area contributed by atoms with Crippen molar-refractivity contribution in [2.45, 2.75) is 121 Å². The molecule has 4 aliphatic rings. The SMILES string of the molecule is CC(C)CCCC(C)[C@H]1CCC2C3CCC4CC(C=C(c5cccc6cc(S(=O)(=O)O)ccc56)c5cccc6cc(S(=O)(=O)O)ccc56)CC[C@]4(C)C3CC[C@@]21C. The fourth-order valence-corrected chi connectivity index (χ4v) is 14.4. The highest BCUT2D eigenvalue weighted by Gasteiger charge is 2.60. The summed E-state index contributed by atoms with van der Waals surface area (Å²) in [4.78, 5) is -0.287. The lowest BCUT2D eigenvalue weighted by atomic mass is 9.44. The van der Waals surface area contributed by atoms with Crippen LogP contribution < -0.4 is 0 Å². The zero-order valence-corrected chi connectivity index (χ0v) is 36.1. The molecule has 0 spiro atoms. The molecule has 4 aliphatic carbocycles. The normalized spacial score (nSPS) is 30.8. The van der Waals surface area contributed by atoms with Crippen LogP contribution in [0, 0.1) is 58.2 Å². The van der Waals surface area contributed by atoms with Crippen molar-refractivity contribution in [3.8, 4) is 0 Å². The van der Waals surface area contributed by atoms with Crippen LogP contribution in [0.15, 0.2) is 88.7 Å². The molecule has 0 aliphatic heterocycles. The fraction of sp³-hybridized carbons (Fsp3) is 0.551. The number of hydrogen-bond acceptors (Lipinski definition) is 4. The van der Waals surface area contributed by atoms with Crippen LogP contribution in [-0.2, 0) is 20.2 Å². The molecule has 306 valence electrons. The quantitative estimate of drug-likeness (QED) is 0.154. The Bertz CT molecular complexity index is 2300. The van der Waals surface area contributed by atoms with Crippen molar-refractivity contribution in [2.24, 2.45) is 58.2 Å². The van der Waals surface area contributed by atoms with Gasteiger partial charge in [0.25, 0.3) is 20.2 Å². The smallest absolute Gasteiger partial charge is 0.282 e. The minimum atomic E-state index is -4.38. The molecule has 6 unspecified atom stereocenters. The second-order valence-corrected chi connectivity index (χ2v) is 22.5. The Morgan fingerprint density at radius 3 is 1.86 bits per heavy atom. The van der Waals surface area contributed by atoms with Crippen molar-refractivity contribution in [3.63, 3.8) is 0 Å². The molecule has 8 heteroatoms. The van der Waals surface area contributed by atoms with E-state index in [0.29, 0.717) is 33.4 Å². The molecule has 8 rings (SSSR count). The first-order valence-electron chi connectivity index (χ1n) is 21.7. The largest absolute Gasteiger partial charge is 0.294 e. The highest BCUT2D eigenvalue weighted by Crippen LogP contribution is 2.69. The molecule has 4 aromatic rings. The van der Waals surface area contributed by atoms with Gasteiger partial charge < -0.3 is 0 Å². The summed E-state index contributed by atoms with van der Waals surface area (Å²) in [5.74, 6) is 5.95. The Hall–Kier alpha value is -3.04. The van der Waals surface area contributed by atoms with Gasteiger partial charge in [0.2, 0.25) is 0 Å². The summed E-state index contributed by atoms with van der Waals surface area (Å²) in [7, 11) is -8.76. The highest BCUT2D eigenvalue weighted by molar-refractivity contribution is 7.86. The maximum Gasteiger partial charge on any atom is 0.294 e. The Labute approximate surface area is 341 Å². The lowest BCUT2D eigenvalue weighted by molar-refractivity contribution is -0.118.